The number of aromatic amines is 1. The molecule has 0 atom stereocenters. The lowest BCUT2D eigenvalue weighted by molar-refractivity contribution is -0.142. The highest BCUT2D eigenvalue weighted by Crippen LogP contribution is 2.22. The van der Waals surface area contributed by atoms with Crippen LogP contribution in [0.1, 0.15) is 17.5 Å². The van der Waals surface area contributed by atoms with Crippen LogP contribution in [0.5, 0.6) is 0 Å². The fourth-order valence-corrected chi connectivity index (χ4v) is 4.45. The number of thiazole rings is 1. The van der Waals surface area contributed by atoms with Crippen LogP contribution in [-0.4, -0.2) is 39.6 Å². The summed E-state index contributed by atoms with van der Waals surface area (Å²) < 4.78 is 7.23. The number of esters is 1. The first-order valence-electron chi connectivity index (χ1n) is 11.0. The summed E-state index contributed by atoms with van der Waals surface area (Å²) in [6, 6.07) is 16.6. The number of amides is 1. The summed E-state index contributed by atoms with van der Waals surface area (Å²) in [6.07, 6.45) is 2.69. The van der Waals surface area contributed by atoms with E-state index in [1.807, 2.05) is 42.5 Å². The Hall–Kier alpha value is -4.51. The number of hydrogen-bond donors (Lipinski definition) is 2. The number of fused-ring (bicyclic) bond motifs is 1. The number of para-hydroxylation sites is 1. The van der Waals surface area contributed by atoms with Crippen LogP contribution >= 0.6 is 11.3 Å². The molecule has 0 saturated heterocycles. The molecule has 1 amide bonds. The molecule has 2 aromatic heterocycles. The average molecular weight is 506 g/mol. The summed E-state index contributed by atoms with van der Waals surface area (Å²) in [7, 11) is 0. The van der Waals surface area contributed by atoms with Crippen molar-refractivity contribution >= 4 is 51.0 Å². The number of rotatable bonds is 8. The van der Waals surface area contributed by atoms with E-state index in [0.29, 0.717) is 5.01 Å². The van der Waals surface area contributed by atoms with Crippen LogP contribution in [0.3, 0.4) is 0 Å². The number of H-pyrrole nitrogens is 1. The molecule has 0 saturated carbocycles. The van der Waals surface area contributed by atoms with Gasteiger partial charge in [-0.3, -0.25) is 19.1 Å². The first-order valence-corrected chi connectivity index (χ1v) is 11.9. The van der Waals surface area contributed by atoms with E-state index < -0.39 is 29.7 Å². The largest absolute Gasteiger partial charge is 0.452 e. The lowest BCUT2D eigenvalue weighted by atomic mass is 10.2. The topological polar surface area (TPSA) is 140 Å². The zero-order valence-electron chi connectivity index (χ0n) is 19.3. The Morgan fingerprint density at radius 2 is 1.86 bits per heavy atom. The number of aromatic nitrogens is 3. The fraction of sp³-hybridized carbons (Fsp3) is 0.160. The van der Waals surface area contributed by atoms with Crippen LogP contribution in [0.2, 0.25) is 0 Å². The molecule has 0 unspecified atom stereocenters. The van der Waals surface area contributed by atoms with Gasteiger partial charge in [0.05, 0.1) is 16.8 Å². The molecule has 0 bridgehead atoms. The number of carbonyl (C=O) groups excluding carboxylic acids is 2. The number of benzene rings is 2. The zero-order chi connectivity index (χ0) is 25.7. The molecule has 2 heterocycles. The molecule has 11 heteroatoms. The summed E-state index contributed by atoms with van der Waals surface area (Å²) in [5, 5.41) is 0.620. The Kier molecular flexibility index (Phi) is 7.40. The van der Waals surface area contributed by atoms with E-state index in [1.54, 1.807) is 19.1 Å². The van der Waals surface area contributed by atoms with Crippen molar-refractivity contribution in [2.75, 3.05) is 23.8 Å². The second-order valence-electron chi connectivity index (χ2n) is 7.66. The predicted molar refractivity (Wildman–Crippen MR) is 139 cm³/mol. The van der Waals surface area contributed by atoms with Gasteiger partial charge in [-0.15, -0.1) is 11.3 Å². The number of carbonyl (C=O) groups is 2. The van der Waals surface area contributed by atoms with Gasteiger partial charge in [-0.25, -0.2) is 14.6 Å². The van der Waals surface area contributed by atoms with E-state index in [9.17, 15) is 19.2 Å². The van der Waals surface area contributed by atoms with Gasteiger partial charge in [0.2, 0.25) is 0 Å². The molecule has 3 N–H and O–H groups in total. The van der Waals surface area contributed by atoms with Crippen LogP contribution in [0, 0.1) is 0 Å². The molecule has 36 heavy (non-hydrogen) atoms. The van der Waals surface area contributed by atoms with Crippen molar-refractivity contribution in [1.82, 2.24) is 14.5 Å². The van der Waals surface area contributed by atoms with Crippen molar-refractivity contribution in [1.29, 1.82) is 0 Å². The molecule has 4 rings (SSSR count). The van der Waals surface area contributed by atoms with E-state index in [0.717, 1.165) is 20.7 Å². The van der Waals surface area contributed by atoms with Crippen LogP contribution in [0.25, 0.3) is 16.3 Å². The highest BCUT2D eigenvalue weighted by atomic mass is 32.1. The van der Waals surface area contributed by atoms with Gasteiger partial charge in [0.25, 0.3) is 11.5 Å². The number of likely N-dealkylation sites (N-methyl/N-ethyl adjacent to an activating group) is 1. The molecule has 0 aliphatic carbocycles. The maximum Gasteiger partial charge on any atom is 0.331 e. The van der Waals surface area contributed by atoms with Gasteiger partial charge in [0.15, 0.2) is 12.3 Å². The average Bonchev–Trinajstić information content (AvgIpc) is 3.30. The normalized spacial score (nSPS) is 11.1. The molecule has 0 spiro atoms. The predicted octanol–water partition coefficient (Wildman–Crippen LogP) is 2.39. The van der Waals surface area contributed by atoms with Crippen molar-refractivity contribution in [3.63, 3.8) is 0 Å². The molecule has 0 fully saturated rings. The Morgan fingerprint density at radius 3 is 2.58 bits per heavy atom. The maximum absolute atomic E-state index is 12.8. The standard InChI is InChI=1S/C25H23N5O5S/c1-2-29(22-23(26)30(25(34)28-24(22)33)14-16-8-4-3-5-9-16)20(31)15-35-21(32)13-12-19-27-17-10-6-7-11-18(17)36-19/h3-13H,2,14-15,26H2,1H3,(H,28,33,34)/b13-12+. The number of nitrogens with zero attached hydrogens (tertiary/aromatic N) is 3. The first-order chi connectivity index (χ1) is 17.4. The van der Waals surface area contributed by atoms with Crippen molar-refractivity contribution in [3.8, 4) is 0 Å². The van der Waals surface area contributed by atoms with Gasteiger partial charge in [0, 0.05) is 12.6 Å². The Labute approximate surface area is 209 Å². The first kappa shape index (κ1) is 24.6. The van der Waals surface area contributed by atoms with E-state index in [4.69, 9.17) is 10.5 Å². The van der Waals surface area contributed by atoms with Crippen molar-refractivity contribution in [2.45, 2.75) is 13.5 Å². The molecular formula is C25H23N5O5S. The van der Waals surface area contributed by atoms with Gasteiger partial charge in [-0.2, -0.15) is 0 Å². The fourth-order valence-electron chi connectivity index (χ4n) is 3.58. The van der Waals surface area contributed by atoms with E-state index in [-0.39, 0.29) is 24.6 Å². The number of hydrogen-bond acceptors (Lipinski definition) is 8. The molecule has 0 aliphatic rings. The molecule has 4 aromatic rings. The lowest BCUT2D eigenvalue weighted by Crippen LogP contribution is -2.42. The van der Waals surface area contributed by atoms with Crippen LogP contribution in [0.15, 0.2) is 70.3 Å². The Morgan fingerprint density at radius 1 is 1.14 bits per heavy atom. The summed E-state index contributed by atoms with van der Waals surface area (Å²) in [4.78, 5) is 57.7. The number of nitrogens with one attached hydrogen (secondary N) is 1. The number of anilines is 2. The third-order valence-corrected chi connectivity index (χ3v) is 6.30. The minimum Gasteiger partial charge on any atom is -0.452 e. The van der Waals surface area contributed by atoms with Gasteiger partial charge >= 0.3 is 11.7 Å². The molecule has 10 nitrogen and oxygen atoms in total. The van der Waals surface area contributed by atoms with Crippen molar-refractivity contribution in [2.24, 2.45) is 0 Å². The number of nitrogens with two attached hydrogens (primary N) is 1. The summed E-state index contributed by atoms with van der Waals surface area (Å²) in [6.45, 7) is 1.19. The van der Waals surface area contributed by atoms with Crippen LogP contribution in [0.4, 0.5) is 11.5 Å². The zero-order valence-corrected chi connectivity index (χ0v) is 20.2. The third-order valence-electron chi connectivity index (χ3n) is 5.30. The summed E-state index contributed by atoms with van der Waals surface area (Å²) in [5.41, 5.74) is 6.09. The molecular weight excluding hydrogens is 482 g/mol. The second kappa shape index (κ2) is 10.8. The van der Waals surface area contributed by atoms with Crippen LogP contribution < -0.4 is 21.9 Å². The highest BCUT2D eigenvalue weighted by Gasteiger charge is 2.24. The quantitative estimate of drug-likeness (QED) is 0.277. The smallest absolute Gasteiger partial charge is 0.331 e. The SMILES string of the molecule is CCN(C(=O)COC(=O)/C=C/c1nc2ccccc2s1)c1c(N)n(Cc2ccccc2)c(=O)[nH]c1=O. The van der Waals surface area contributed by atoms with Crippen molar-refractivity contribution in [3.05, 3.63) is 92.1 Å². The third kappa shape index (κ3) is 5.41. The van der Waals surface area contributed by atoms with Gasteiger partial charge in [0.1, 0.15) is 10.8 Å². The monoisotopic (exact) mass is 505 g/mol. The van der Waals surface area contributed by atoms with Gasteiger partial charge < -0.3 is 15.4 Å². The van der Waals surface area contributed by atoms with Crippen molar-refractivity contribution < 1.29 is 14.3 Å². The lowest BCUT2D eigenvalue weighted by Gasteiger charge is -2.23. The van der Waals surface area contributed by atoms with Gasteiger partial charge in [-0.1, -0.05) is 42.5 Å². The van der Waals surface area contributed by atoms with E-state index in [1.165, 1.54) is 28.1 Å². The summed E-state index contributed by atoms with van der Waals surface area (Å²) >= 11 is 1.41. The van der Waals surface area contributed by atoms with E-state index in [2.05, 4.69) is 9.97 Å². The minimum absolute atomic E-state index is 0.0642. The van der Waals surface area contributed by atoms with Gasteiger partial charge in [-0.05, 0) is 30.7 Å². The van der Waals surface area contributed by atoms with Crippen LogP contribution in [-0.2, 0) is 20.9 Å². The molecule has 0 aliphatic heterocycles. The summed E-state index contributed by atoms with van der Waals surface area (Å²) in [5.74, 6) is -1.57. The Balaban J connectivity index is 1.47. The highest BCUT2D eigenvalue weighted by molar-refractivity contribution is 7.19. The number of nitrogen functional groups attached to an aromatic ring is 1. The van der Waals surface area contributed by atoms with E-state index >= 15 is 0 Å². The maximum atomic E-state index is 12.8. The minimum atomic E-state index is -0.806. The second-order valence-corrected chi connectivity index (χ2v) is 8.73. The molecule has 0 radical (unpaired) electrons. The number of ether oxygens (including phenoxy) is 1. The Bertz CT molecular complexity index is 1520. The molecule has 2 aromatic carbocycles. The molecule has 184 valence electrons.